The number of nitrogens with one attached hydrogen (secondary N) is 1. The van der Waals surface area contributed by atoms with Crippen LogP contribution in [-0.2, 0) is 4.74 Å². The number of nitrogens with zero attached hydrogens (tertiary/aromatic N) is 1. The number of ether oxygens (including phenoxy) is 1. The maximum Gasteiger partial charge on any atom is 0.0506 e. The fourth-order valence-corrected chi connectivity index (χ4v) is 2.60. The molecule has 3 atom stereocenters. The van der Waals surface area contributed by atoms with E-state index in [0.717, 1.165) is 25.7 Å². The van der Waals surface area contributed by atoms with Crippen LogP contribution < -0.4 is 5.32 Å². The molecule has 18 heavy (non-hydrogen) atoms. The van der Waals surface area contributed by atoms with Crippen LogP contribution in [0.2, 0.25) is 0 Å². The maximum absolute atomic E-state index is 5.55. The Balaban J connectivity index is 2.17. The standard InChI is InChI=1S/C15H32N2O/c1-5-7-13(2)16-10-14(3)17(4)11-15-8-6-9-18-12-15/h13-16H,5-12H2,1-4H3. The van der Waals surface area contributed by atoms with Gasteiger partial charge in [-0.2, -0.15) is 0 Å². The number of hydrogen-bond acceptors (Lipinski definition) is 3. The molecule has 0 bridgehead atoms. The first kappa shape index (κ1) is 15.9. The molecule has 1 heterocycles. The van der Waals surface area contributed by atoms with E-state index in [-0.39, 0.29) is 0 Å². The fraction of sp³-hybridized carbons (Fsp3) is 1.00. The Kier molecular flexibility index (Phi) is 7.87. The van der Waals surface area contributed by atoms with Crippen molar-refractivity contribution >= 4 is 0 Å². The second-order valence-electron chi connectivity index (χ2n) is 5.97. The van der Waals surface area contributed by atoms with Crippen LogP contribution in [0, 0.1) is 5.92 Å². The quantitative estimate of drug-likeness (QED) is 0.722. The van der Waals surface area contributed by atoms with E-state index in [1.165, 1.54) is 32.2 Å². The van der Waals surface area contributed by atoms with E-state index in [9.17, 15) is 0 Å². The third-order valence-electron chi connectivity index (χ3n) is 4.04. The molecule has 1 rings (SSSR count). The van der Waals surface area contributed by atoms with Crippen LogP contribution in [0.1, 0.15) is 46.5 Å². The molecule has 0 aromatic heterocycles. The minimum absolute atomic E-state index is 0.603. The normalized spacial score (nSPS) is 24.2. The highest BCUT2D eigenvalue weighted by Gasteiger charge is 2.18. The largest absolute Gasteiger partial charge is 0.381 e. The Labute approximate surface area is 113 Å². The van der Waals surface area contributed by atoms with Crippen molar-refractivity contribution in [1.82, 2.24) is 10.2 Å². The third kappa shape index (κ3) is 6.17. The lowest BCUT2D eigenvalue weighted by Gasteiger charge is -2.31. The van der Waals surface area contributed by atoms with Gasteiger partial charge in [0.05, 0.1) is 6.61 Å². The summed E-state index contributed by atoms with van der Waals surface area (Å²) in [5, 5.41) is 3.63. The van der Waals surface area contributed by atoms with Crippen LogP contribution in [0.3, 0.4) is 0 Å². The fourth-order valence-electron chi connectivity index (χ4n) is 2.60. The average molecular weight is 256 g/mol. The Morgan fingerprint density at radius 1 is 1.39 bits per heavy atom. The summed E-state index contributed by atoms with van der Waals surface area (Å²) >= 11 is 0. The van der Waals surface area contributed by atoms with E-state index in [0.29, 0.717) is 12.1 Å². The van der Waals surface area contributed by atoms with Crippen molar-refractivity contribution in [3.05, 3.63) is 0 Å². The van der Waals surface area contributed by atoms with Gasteiger partial charge in [0.1, 0.15) is 0 Å². The number of hydrogen-bond donors (Lipinski definition) is 1. The van der Waals surface area contributed by atoms with Gasteiger partial charge < -0.3 is 15.0 Å². The van der Waals surface area contributed by atoms with Gasteiger partial charge in [-0.05, 0) is 46.1 Å². The molecule has 1 aliphatic rings. The molecule has 3 unspecified atom stereocenters. The molecule has 0 spiro atoms. The van der Waals surface area contributed by atoms with Crippen LogP contribution in [-0.4, -0.2) is 50.3 Å². The molecular weight excluding hydrogens is 224 g/mol. The van der Waals surface area contributed by atoms with Crippen LogP contribution in [0.25, 0.3) is 0 Å². The van der Waals surface area contributed by atoms with Gasteiger partial charge in [-0.25, -0.2) is 0 Å². The lowest BCUT2D eigenvalue weighted by Crippen LogP contribution is -2.43. The summed E-state index contributed by atoms with van der Waals surface area (Å²) in [7, 11) is 2.24. The molecule has 3 heteroatoms. The zero-order valence-corrected chi connectivity index (χ0v) is 12.7. The topological polar surface area (TPSA) is 24.5 Å². The van der Waals surface area contributed by atoms with Gasteiger partial charge in [0, 0.05) is 31.8 Å². The highest BCUT2D eigenvalue weighted by atomic mass is 16.5. The highest BCUT2D eigenvalue weighted by Crippen LogP contribution is 2.15. The van der Waals surface area contributed by atoms with Crippen molar-refractivity contribution in [2.75, 3.05) is 33.4 Å². The minimum Gasteiger partial charge on any atom is -0.381 e. The monoisotopic (exact) mass is 256 g/mol. The van der Waals surface area contributed by atoms with Gasteiger partial charge >= 0.3 is 0 Å². The number of rotatable bonds is 8. The Morgan fingerprint density at radius 2 is 2.17 bits per heavy atom. The Hall–Kier alpha value is -0.120. The summed E-state index contributed by atoms with van der Waals surface area (Å²) < 4.78 is 5.55. The summed E-state index contributed by atoms with van der Waals surface area (Å²) in [6.07, 6.45) is 5.10. The van der Waals surface area contributed by atoms with E-state index in [4.69, 9.17) is 4.74 Å². The van der Waals surface area contributed by atoms with Crippen LogP contribution in [0.4, 0.5) is 0 Å². The van der Waals surface area contributed by atoms with Gasteiger partial charge in [-0.3, -0.25) is 0 Å². The summed E-state index contributed by atoms with van der Waals surface area (Å²) in [5.41, 5.74) is 0. The summed E-state index contributed by atoms with van der Waals surface area (Å²) in [4.78, 5) is 2.48. The van der Waals surface area contributed by atoms with Crippen LogP contribution >= 0.6 is 0 Å². The predicted molar refractivity (Wildman–Crippen MR) is 78.0 cm³/mol. The molecular formula is C15H32N2O. The molecule has 0 saturated carbocycles. The van der Waals surface area contributed by atoms with E-state index in [2.05, 4.69) is 38.0 Å². The molecule has 0 amide bonds. The van der Waals surface area contributed by atoms with Crippen molar-refractivity contribution in [2.45, 2.75) is 58.5 Å². The van der Waals surface area contributed by atoms with E-state index >= 15 is 0 Å². The third-order valence-corrected chi connectivity index (χ3v) is 4.04. The smallest absolute Gasteiger partial charge is 0.0506 e. The minimum atomic E-state index is 0.603. The highest BCUT2D eigenvalue weighted by molar-refractivity contribution is 4.73. The molecule has 0 aromatic carbocycles. The second-order valence-corrected chi connectivity index (χ2v) is 5.97. The van der Waals surface area contributed by atoms with Crippen molar-refractivity contribution in [1.29, 1.82) is 0 Å². The maximum atomic E-state index is 5.55. The van der Waals surface area contributed by atoms with E-state index in [1.807, 2.05) is 0 Å². The van der Waals surface area contributed by atoms with Crippen molar-refractivity contribution in [2.24, 2.45) is 5.92 Å². The van der Waals surface area contributed by atoms with Gasteiger partial charge in [0.2, 0.25) is 0 Å². The van der Waals surface area contributed by atoms with Crippen LogP contribution in [0.15, 0.2) is 0 Å². The van der Waals surface area contributed by atoms with Crippen molar-refractivity contribution in [3.63, 3.8) is 0 Å². The first-order valence-corrected chi connectivity index (χ1v) is 7.64. The molecule has 1 fully saturated rings. The van der Waals surface area contributed by atoms with E-state index in [1.54, 1.807) is 0 Å². The van der Waals surface area contributed by atoms with Crippen molar-refractivity contribution < 1.29 is 4.74 Å². The SMILES string of the molecule is CCCC(C)NCC(C)N(C)CC1CCCOC1. The first-order valence-electron chi connectivity index (χ1n) is 7.64. The molecule has 3 nitrogen and oxygen atoms in total. The zero-order valence-electron chi connectivity index (χ0n) is 12.7. The Morgan fingerprint density at radius 3 is 2.78 bits per heavy atom. The lowest BCUT2D eigenvalue weighted by molar-refractivity contribution is 0.0371. The average Bonchev–Trinajstić information content (AvgIpc) is 2.37. The zero-order chi connectivity index (χ0) is 13.4. The van der Waals surface area contributed by atoms with Gasteiger partial charge in [0.15, 0.2) is 0 Å². The first-order chi connectivity index (χ1) is 8.63. The molecule has 1 aliphatic heterocycles. The predicted octanol–water partition coefficient (Wildman–Crippen LogP) is 2.51. The molecule has 1 saturated heterocycles. The molecule has 0 radical (unpaired) electrons. The Bertz CT molecular complexity index is 205. The van der Waals surface area contributed by atoms with Crippen molar-refractivity contribution in [3.8, 4) is 0 Å². The summed E-state index contributed by atoms with van der Waals surface area (Å²) in [6, 6.07) is 1.25. The summed E-state index contributed by atoms with van der Waals surface area (Å²) in [6.45, 7) is 11.0. The second kappa shape index (κ2) is 8.89. The van der Waals surface area contributed by atoms with Gasteiger partial charge in [-0.1, -0.05) is 13.3 Å². The lowest BCUT2D eigenvalue weighted by atomic mass is 10.0. The van der Waals surface area contributed by atoms with Crippen LogP contribution in [0.5, 0.6) is 0 Å². The summed E-state index contributed by atoms with van der Waals surface area (Å²) in [5.74, 6) is 0.735. The molecule has 0 aliphatic carbocycles. The molecule has 1 N–H and O–H groups in total. The molecule has 108 valence electrons. The number of likely N-dealkylation sites (N-methyl/N-ethyl adjacent to an activating group) is 1. The van der Waals surface area contributed by atoms with E-state index < -0.39 is 0 Å². The van der Waals surface area contributed by atoms with Gasteiger partial charge in [0.25, 0.3) is 0 Å². The van der Waals surface area contributed by atoms with Gasteiger partial charge in [-0.15, -0.1) is 0 Å². The molecule has 0 aromatic rings.